The Balaban J connectivity index is 1.13. The third-order valence-electron chi connectivity index (χ3n) is 5.56. The number of rotatable bonds is 8. The quantitative estimate of drug-likeness (QED) is 0.605. The average molecular weight is 420 g/mol. The number of nitrogens with one attached hydrogen (secondary N) is 1. The Kier molecular flexibility index (Phi) is 6.94. The van der Waals surface area contributed by atoms with Gasteiger partial charge < -0.3 is 14.7 Å². The van der Waals surface area contributed by atoms with Gasteiger partial charge in [-0.15, -0.1) is 0 Å². The molecule has 1 aromatic heterocycles. The van der Waals surface area contributed by atoms with E-state index >= 15 is 0 Å². The zero-order chi connectivity index (χ0) is 21.5. The number of hydrogen-bond donors (Lipinski definition) is 1. The normalized spacial score (nSPS) is 14.5. The molecule has 1 saturated heterocycles. The van der Waals surface area contributed by atoms with Crippen LogP contribution < -0.4 is 10.2 Å². The minimum absolute atomic E-state index is 0.0119. The van der Waals surface area contributed by atoms with Gasteiger partial charge in [0.15, 0.2) is 0 Å². The van der Waals surface area contributed by atoms with Gasteiger partial charge in [0, 0.05) is 63.4 Å². The Hall–Kier alpha value is -3.19. The summed E-state index contributed by atoms with van der Waals surface area (Å²) < 4.78 is 5.27. The molecular formula is C24H29N5O2. The summed E-state index contributed by atoms with van der Waals surface area (Å²) in [5, 5.41) is 7.00. The molecule has 0 radical (unpaired) electrons. The average Bonchev–Trinajstić information content (AvgIpc) is 3.28. The molecule has 7 heteroatoms. The van der Waals surface area contributed by atoms with Crippen LogP contribution >= 0.6 is 0 Å². The van der Waals surface area contributed by atoms with Crippen LogP contribution in [0.4, 0.5) is 5.69 Å². The molecule has 0 bridgehead atoms. The van der Waals surface area contributed by atoms with Gasteiger partial charge in [0.2, 0.25) is 17.6 Å². The molecule has 1 fully saturated rings. The van der Waals surface area contributed by atoms with Crippen molar-refractivity contribution in [3.05, 3.63) is 66.1 Å². The Labute approximate surface area is 183 Å². The lowest BCUT2D eigenvalue weighted by atomic mass is 10.2. The molecule has 1 aliphatic heterocycles. The number of piperazine rings is 1. The van der Waals surface area contributed by atoms with Crippen LogP contribution in [0.25, 0.3) is 11.4 Å². The largest absolute Gasteiger partial charge is 0.369 e. The number of nitrogens with zero attached hydrogens (tertiary/aromatic N) is 4. The van der Waals surface area contributed by atoms with Crippen molar-refractivity contribution in [1.82, 2.24) is 20.4 Å². The first kappa shape index (κ1) is 21.1. The van der Waals surface area contributed by atoms with Gasteiger partial charge in [-0.05, 0) is 24.6 Å². The summed E-state index contributed by atoms with van der Waals surface area (Å²) in [7, 11) is 0. The molecule has 1 amide bonds. The Bertz CT molecular complexity index is 980. The summed E-state index contributed by atoms with van der Waals surface area (Å²) in [5.74, 6) is 1.06. The van der Waals surface area contributed by atoms with E-state index in [0.717, 1.165) is 38.3 Å². The van der Waals surface area contributed by atoms with Crippen molar-refractivity contribution >= 4 is 11.6 Å². The van der Waals surface area contributed by atoms with Gasteiger partial charge in [0.25, 0.3) is 0 Å². The predicted molar refractivity (Wildman–Crippen MR) is 121 cm³/mol. The summed E-state index contributed by atoms with van der Waals surface area (Å²) in [6.45, 7) is 7.69. The molecule has 3 aromatic rings. The number of anilines is 1. The molecule has 0 aliphatic carbocycles. The van der Waals surface area contributed by atoms with Crippen LogP contribution in [0.5, 0.6) is 0 Å². The van der Waals surface area contributed by atoms with Gasteiger partial charge in [-0.2, -0.15) is 4.98 Å². The maximum absolute atomic E-state index is 12.2. The summed E-state index contributed by atoms with van der Waals surface area (Å²) >= 11 is 0. The maximum atomic E-state index is 12.2. The number of aromatic nitrogens is 2. The molecule has 0 atom stereocenters. The van der Waals surface area contributed by atoms with Crippen molar-refractivity contribution < 1.29 is 9.32 Å². The second kappa shape index (κ2) is 10.2. The highest BCUT2D eigenvalue weighted by Gasteiger charge is 2.17. The fraction of sp³-hybridized carbons (Fsp3) is 0.375. The van der Waals surface area contributed by atoms with E-state index in [4.69, 9.17) is 4.52 Å². The van der Waals surface area contributed by atoms with Gasteiger partial charge in [0.1, 0.15) is 0 Å². The highest BCUT2D eigenvalue weighted by atomic mass is 16.5. The minimum atomic E-state index is 0.0119. The summed E-state index contributed by atoms with van der Waals surface area (Å²) in [6, 6.07) is 18.3. The summed E-state index contributed by atoms with van der Waals surface area (Å²) in [4.78, 5) is 21.4. The van der Waals surface area contributed by atoms with E-state index in [1.54, 1.807) is 0 Å². The number of carbonyl (C=O) groups is 1. The van der Waals surface area contributed by atoms with Gasteiger partial charge in [-0.3, -0.25) is 9.69 Å². The second-order valence-electron chi connectivity index (χ2n) is 7.90. The lowest BCUT2D eigenvalue weighted by Crippen LogP contribution is -2.48. The number of benzene rings is 2. The Morgan fingerprint density at radius 3 is 2.65 bits per heavy atom. The van der Waals surface area contributed by atoms with E-state index in [9.17, 15) is 4.79 Å². The molecule has 1 N–H and O–H groups in total. The van der Waals surface area contributed by atoms with Gasteiger partial charge in [-0.25, -0.2) is 0 Å². The van der Waals surface area contributed by atoms with E-state index < -0.39 is 0 Å². The molecule has 2 aromatic carbocycles. The zero-order valence-electron chi connectivity index (χ0n) is 18.0. The molecule has 162 valence electrons. The third-order valence-corrected chi connectivity index (χ3v) is 5.56. The first-order valence-corrected chi connectivity index (χ1v) is 10.9. The molecule has 0 unspecified atom stereocenters. The highest BCUT2D eigenvalue weighted by Crippen LogP contribution is 2.18. The smallest absolute Gasteiger partial charge is 0.227 e. The molecule has 0 spiro atoms. The fourth-order valence-corrected chi connectivity index (χ4v) is 3.78. The molecule has 4 rings (SSSR count). The van der Waals surface area contributed by atoms with E-state index in [2.05, 4.69) is 56.4 Å². The van der Waals surface area contributed by atoms with Crippen LogP contribution in [0.1, 0.15) is 17.9 Å². The van der Waals surface area contributed by atoms with Crippen molar-refractivity contribution in [3.63, 3.8) is 0 Å². The topological polar surface area (TPSA) is 74.5 Å². The van der Waals surface area contributed by atoms with Crippen LogP contribution in [-0.4, -0.2) is 60.2 Å². The van der Waals surface area contributed by atoms with E-state index in [1.165, 1.54) is 11.3 Å². The molecule has 0 saturated carbocycles. The third kappa shape index (κ3) is 5.92. The van der Waals surface area contributed by atoms with E-state index in [0.29, 0.717) is 31.1 Å². The monoisotopic (exact) mass is 419 g/mol. The van der Waals surface area contributed by atoms with Crippen LogP contribution in [0, 0.1) is 6.92 Å². The Morgan fingerprint density at radius 2 is 1.87 bits per heavy atom. The minimum Gasteiger partial charge on any atom is -0.369 e. The van der Waals surface area contributed by atoms with Crippen molar-refractivity contribution in [3.8, 4) is 11.4 Å². The zero-order valence-corrected chi connectivity index (χ0v) is 18.0. The summed E-state index contributed by atoms with van der Waals surface area (Å²) in [5.41, 5.74) is 3.49. The standard InChI is InChI=1S/C24H29N5O2/c1-19-6-5-9-21(18-19)29-16-14-28(15-17-29)13-12-25-22(30)10-11-23-26-24(27-31-23)20-7-3-2-4-8-20/h2-9,18H,10-17H2,1H3,(H,25,30). The first-order chi connectivity index (χ1) is 15.2. The van der Waals surface area contributed by atoms with Crippen molar-refractivity contribution in [2.75, 3.05) is 44.2 Å². The molecular weight excluding hydrogens is 390 g/mol. The molecule has 1 aliphatic rings. The van der Waals surface area contributed by atoms with Gasteiger partial charge in [0.05, 0.1) is 0 Å². The first-order valence-electron chi connectivity index (χ1n) is 10.9. The lowest BCUT2D eigenvalue weighted by molar-refractivity contribution is -0.121. The van der Waals surface area contributed by atoms with Crippen LogP contribution in [0.15, 0.2) is 59.1 Å². The maximum Gasteiger partial charge on any atom is 0.227 e. The van der Waals surface area contributed by atoms with Crippen LogP contribution in [0.3, 0.4) is 0 Å². The van der Waals surface area contributed by atoms with E-state index in [1.807, 2.05) is 30.3 Å². The molecule has 2 heterocycles. The SMILES string of the molecule is Cc1cccc(N2CCN(CCNC(=O)CCc3nc(-c4ccccc4)no3)CC2)c1. The fourth-order valence-electron chi connectivity index (χ4n) is 3.78. The predicted octanol–water partition coefficient (Wildman–Crippen LogP) is 2.92. The van der Waals surface area contributed by atoms with Crippen molar-refractivity contribution in [2.45, 2.75) is 19.8 Å². The molecule has 31 heavy (non-hydrogen) atoms. The summed E-state index contributed by atoms with van der Waals surface area (Å²) in [6.07, 6.45) is 0.790. The van der Waals surface area contributed by atoms with Crippen molar-refractivity contribution in [2.24, 2.45) is 0 Å². The van der Waals surface area contributed by atoms with Crippen molar-refractivity contribution in [1.29, 1.82) is 0 Å². The van der Waals surface area contributed by atoms with E-state index in [-0.39, 0.29) is 5.91 Å². The van der Waals surface area contributed by atoms with Crippen LogP contribution in [0.2, 0.25) is 0 Å². The Morgan fingerprint density at radius 1 is 1.06 bits per heavy atom. The number of aryl methyl sites for hydroxylation is 2. The number of carbonyl (C=O) groups excluding carboxylic acids is 1. The number of hydrogen-bond acceptors (Lipinski definition) is 6. The highest BCUT2D eigenvalue weighted by molar-refractivity contribution is 5.76. The lowest BCUT2D eigenvalue weighted by Gasteiger charge is -2.36. The van der Waals surface area contributed by atoms with Crippen LogP contribution in [-0.2, 0) is 11.2 Å². The second-order valence-corrected chi connectivity index (χ2v) is 7.90. The van der Waals surface area contributed by atoms with Gasteiger partial charge in [-0.1, -0.05) is 47.6 Å². The van der Waals surface area contributed by atoms with Gasteiger partial charge >= 0.3 is 0 Å². The number of amides is 1. The molecule has 7 nitrogen and oxygen atoms in total.